The fourth-order valence-corrected chi connectivity index (χ4v) is 2.07. The molecule has 1 aromatic carbocycles. The van der Waals surface area contributed by atoms with Crippen molar-refractivity contribution < 1.29 is 9.84 Å². The predicted octanol–water partition coefficient (Wildman–Crippen LogP) is 3.76. The molecule has 1 unspecified atom stereocenters. The van der Waals surface area contributed by atoms with Crippen molar-refractivity contribution in [3.8, 4) is 11.8 Å². The van der Waals surface area contributed by atoms with Gasteiger partial charge >= 0.3 is 0 Å². The third-order valence-corrected chi connectivity index (χ3v) is 3.43. The molecule has 0 amide bonds. The van der Waals surface area contributed by atoms with Gasteiger partial charge in [-0.25, -0.2) is 0 Å². The van der Waals surface area contributed by atoms with Gasteiger partial charge in [-0.1, -0.05) is 57.1 Å². The summed E-state index contributed by atoms with van der Waals surface area (Å²) in [5, 5.41) is 8.64. The first-order valence-electron chi connectivity index (χ1n) is 7.56. The monoisotopic (exact) mass is 274 g/mol. The average Bonchev–Trinajstić information content (AvgIpc) is 2.49. The minimum Gasteiger partial charge on any atom is -0.384 e. The van der Waals surface area contributed by atoms with E-state index in [-0.39, 0.29) is 6.61 Å². The number of benzene rings is 1. The summed E-state index contributed by atoms with van der Waals surface area (Å²) in [6, 6.07) is 8.01. The van der Waals surface area contributed by atoms with Gasteiger partial charge < -0.3 is 9.84 Å². The van der Waals surface area contributed by atoms with Gasteiger partial charge in [0.2, 0.25) is 0 Å². The molecule has 0 saturated carbocycles. The highest BCUT2D eigenvalue weighted by atomic mass is 16.5. The molecular formula is C18H26O2. The maximum absolute atomic E-state index is 8.64. The van der Waals surface area contributed by atoms with E-state index in [0.29, 0.717) is 12.5 Å². The van der Waals surface area contributed by atoms with Crippen LogP contribution in [0.5, 0.6) is 0 Å². The van der Waals surface area contributed by atoms with E-state index in [1.54, 1.807) is 0 Å². The summed E-state index contributed by atoms with van der Waals surface area (Å²) in [5.41, 5.74) is 2.10. The zero-order valence-electron chi connectivity index (χ0n) is 12.7. The van der Waals surface area contributed by atoms with Gasteiger partial charge in [0, 0.05) is 12.2 Å². The second kappa shape index (κ2) is 10.5. The molecular weight excluding hydrogens is 248 g/mol. The van der Waals surface area contributed by atoms with Crippen molar-refractivity contribution in [2.45, 2.75) is 46.1 Å². The summed E-state index contributed by atoms with van der Waals surface area (Å²) in [7, 11) is 0. The van der Waals surface area contributed by atoms with E-state index < -0.39 is 0 Å². The van der Waals surface area contributed by atoms with Crippen molar-refractivity contribution in [3.05, 3.63) is 35.4 Å². The number of unbranched alkanes of at least 4 members (excludes halogenated alkanes) is 1. The van der Waals surface area contributed by atoms with Crippen molar-refractivity contribution in [1.82, 2.24) is 0 Å². The SMILES string of the molecule is CCCCC(CC)COCc1ccc(C#CCO)cc1. The third-order valence-electron chi connectivity index (χ3n) is 3.43. The van der Waals surface area contributed by atoms with Crippen molar-refractivity contribution in [2.24, 2.45) is 5.92 Å². The van der Waals surface area contributed by atoms with Crippen LogP contribution in [0.25, 0.3) is 0 Å². The molecule has 0 radical (unpaired) electrons. The molecule has 0 aliphatic rings. The molecule has 0 bridgehead atoms. The summed E-state index contributed by atoms with van der Waals surface area (Å²) < 4.78 is 5.81. The molecule has 0 spiro atoms. The lowest BCUT2D eigenvalue weighted by atomic mass is 10.0. The molecule has 1 rings (SSSR count). The van der Waals surface area contributed by atoms with Crippen LogP contribution in [0.4, 0.5) is 0 Å². The van der Waals surface area contributed by atoms with E-state index in [1.807, 2.05) is 24.3 Å². The van der Waals surface area contributed by atoms with Crippen LogP contribution in [0.15, 0.2) is 24.3 Å². The molecule has 1 aromatic rings. The Kier molecular flexibility index (Phi) is 8.78. The van der Waals surface area contributed by atoms with E-state index in [4.69, 9.17) is 9.84 Å². The maximum atomic E-state index is 8.64. The Balaban J connectivity index is 2.34. The number of hydrogen-bond donors (Lipinski definition) is 1. The molecule has 2 heteroatoms. The number of aliphatic hydroxyl groups excluding tert-OH is 1. The Morgan fingerprint density at radius 1 is 1.20 bits per heavy atom. The molecule has 2 nitrogen and oxygen atoms in total. The van der Waals surface area contributed by atoms with Gasteiger partial charge in [0.15, 0.2) is 0 Å². The first-order chi connectivity index (χ1) is 9.80. The Morgan fingerprint density at radius 3 is 2.55 bits per heavy atom. The molecule has 110 valence electrons. The molecule has 20 heavy (non-hydrogen) atoms. The van der Waals surface area contributed by atoms with Gasteiger partial charge in [-0.15, -0.1) is 0 Å². The van der Waals surface area contributed by atoms with Crippen LogP contribution in [0.1, 0.15) is 50.7 Å². The topological polar surface area (TPSA) is 29.5 Å². The fraction of sp³-hybridized carbons (Fsp3) is 0.556. The summed E-state index contributed by atoms with van der Waals surface area (Å²) in [6.45, 7) is 5.88. The van der Waals surface area contributed by atoms with Gasteiger partial charge in [0.05, 0.1) is 6.61 Å². The molecule has 0 aliphatic heterocycles. The summed E-state index contributed by atoms with van der Waals surface area (Å²) in [6.07, 6.45) is 5.01. The number of rotatable bonds is 8. The van der Waals surface area contributed by atoms with E-state index in [1.165, 1.54) is 31.2 Å². The Labute approximate surface area is 123 Å². The van der Waals surface area contributed by atoms with Crippen LogP contribution in [0, 0.1) is 17.8 Å². The van der Waals surface area contributed by atoms with E-state index >= 15 is 0 Å². The standard InChI is InChI=1S/C18H26O2/c1-3-5-7-16(4-2)14-20-15-18-11-9-17(10-12-18)8-6-13-19/h9-12,16,19H,3-5,7,13-15H2,1-2H3. The second-order valence-electron chi connectivity index (χ2n) is 5.09. The Hall–Kier alpha value is -1.30. The van der Waals surface area contributed by atoms with Crippen molar-refractivity contribution in [3.63, 3.8) is 0 Å². The Morgan fingerprint density at radius 2 is 1.95 bits per heavy atom. The third kappa shape index (κ3) is 6.75. The van der Waals surface area contributed by atoms with Gasteiger partial charge in [0.25, 0.3) is 0 Å². The largest absolute Gasteiger partial charge is 0.384 e. The van der Waals surface area contributed by atoms with Crippen LogP contribution in [0.3, 0.4) is 0 Å². The van der Waals surface area contributed by atoms with Crippen LogP contribution in [-0.2, 0) is 11.3 Å². The van der Waals surface area contributed by atoms with Gasteiger partial charge in [-0.2, -0.15) is 0 Å². The summed E-state index contributed by atoms with van der Waals surface area (Å²) in [5.74, 6) is 6.22. The minimum absolute atomic E-state index is 0.0962. The highest BCUT2D eigenvalue weighted by Crippen LogP contribution is 2.14. The summed E-state index contributed by atoms with van der Waals surface area (Å²) >= 11 is 0. The quantitative estimate of drug-likeness (QED) is 0.731. The van der Waals surface area contributed by atoms with Crippen molar-refractivity contribution in [1.29, 1.82) is 0 Å². The molecule has 0 aliphatic carbocycles. The first-order valence-corrected chi connectivity index (χ1v) is 7.56. The van der Waals surface area contributed by atoms with Gasteiger partial charge in [-0.05, 0) is 30.0 Å². The number of aliphatic hydroxyl groups is 1. The minimum atomic E-state index is -0.0962. The number of hydrogen-bond acceptors (Lipinski definition) is 2. The Bertz CT molecular complexity index is 411. The normalized spacial score (nSPS) is 11.8. The molecule has 1 atom stereocenters. The molecule has 0 aromatic heterocycles. The molecule has 0 fully saturated rings. The predicted molar refractivity (Wildman–Crippen MR) is 83.4 cm³/mol. The lowest BCUT2D eigenvalue weighted by Gasteiger charge is -2.14. The molecule has 0 heterocycles. The van der Waals surface area contributed by atoms with Crippen molar-refractivity contribution in [2.75, 3.05) is 13.2 Å². The number of ether oxygens (including phenoxy) is 1. The van der Waals surface area contributed by atoms with Crippen LogP contribution >= 0.6 is 0 Å². The first kappa shape index (κ1) is 16.8. The fourth-order valence-electron chi connectivity index (χ4n) is 2.07. The molecule has 1 N–H and O–H groups in total. The molecule has 0 saturated heterocycles. The van der Waals surface area contributed by atoms with E-state index in [2.05, 4.69) is 25.7 Å². The van der Waals surface area contributed by atoms with Gasteiger partial charge in [0.1, 0.15) is 6.61 Å². The summed E-state index contributed by atoms with van der Waals surface area (Å²) in [4.78, 5) is 0. The second-order valence-corrected chi connectivity index (χ2v) is 5.09. The van der Waals surface area contributed by atoms with Crippen LogP contribution < -0.4 is 0 Å². The van der Waals surface area contributed by atoms with Crippen LogP contribution in [-0.4, -0.2) is 18.3 Å². The zero-order chi connectivity index (χ0) is 14.6. The van der Waals surface area contributed by atoms with Gasteiger partial charge in [-0.3, -0.25) is 0 Å². The van der Waals surface area contributed by atoms with E-state index in [0.717, 1.165) is 12.2 Å². The van der Waals surface area contributed by atoms with Crippen molar-refractivity contribution >= 4 is 0 Å². The van der Waals surface area contributed by atoms with E-state index in [9.17, 15) is 0 Å². The lowest BCUT2D eigenvalue weighted by molar-refractivity contribution is 0.0820. The zero-order valence-corrected chi connectivity index (χ0v) is 12.7. The highest BCUT2D eigenvalue weighted by Gasteiger charge is 2.05. The average molecular weight is 274 g/mol. The highest BCUT2D eigenvalue weighted by molar-refractivity contribution is 5.35. The smallest absolute Gasteiger partial charge is 0.104 e. The lowest BCUT2D eigenvalue weighted by Crippen LogP contribution is -2.08. The van der Waals surface area contributed by atoms with Crippen LogP contribution in [0.2, 0.25) is 0 Å². The maximum Gasteiger partial charge on any atom is 0.104 e.